The molecule has 16 heavy (non-hydrogen) atoms. The molecule has 0 radical (unpaired) electrons. The zero-order chi connectivity index (χ0) is 11.5. The van der Waals surface area contributed by atoms with Crippen LogP contribution in [-0.4, -0.2) is 48.4 Å². The first-order valence-corrected chi connectivity index (χ1v) is 6.66. The van der Waals surface area contributed by atoms with E-state index in [2.05, 4.69) is 11.8 Å². The molecule has 2 rings (SSSR count). The van der Waals surface area contributed by atoms with Crippen LogP contribution >= 0.6 is 11.3 Å². The minimum absolute atomic E-state index is 0.211. The Morgan fingerprint density at radius 2 is 2.06 bits per heavy atom. The molecule has 0 atom stereocenters. The molecule has 4 heteroatoms. The molecule has 0 spiro atoms. The quantitative estimate of drug-likeness (QED) is 0.785. The van der Waals surface area contributed by atoms with Crippen LogP contribution in [0.15, 0.2) is 11.4 Å². The summed E-state index contributed by atoms with van der Waals surface area (Å²) < 4.78 is 0. The Morgan fingerprint density at radius 1 is 1.38 bits per heavy atom. The fourth-order valence-corrected chi connectivity index (χ4v) is 2.89. The van der Waals surface area contributed by atoms with E-state index in [1.807, 2.05) is 23.3 Å². The van der Waals surface area contributed by atoms with Crippen LogP contribution in [0.25, 0.3) is 0 Å². The molecule has 0 unspecified atom stereocenters. The number of aryl methyl sites for hydroxylation is 1. The lowest BCUT2D eigenvalue weighted by atomic mass is 10.2. The molecule has 3 nitrogen and oxygen atoms in total. The lowest BCUT2D eigenvalue weighted by Crippen LogP contribution is -2.48. The molecule has 0 aromatic carbocycles. The van der Waals surface area contributed by atoms with Crippen LogP contribution in [0.1, 0.15) is 22.2 Å². The topological polar surface area (TPSA) is 23.6 Å². The van der Waals surface area contributed by atoms with Crippen molar-refractivity contribution in [1.82, 2.24) is 9.80 Å². The van der Waals surface area contributed by atoms with Crippen LogP contribution in [0.4, 0.5) is 0 Å². The Kier molecular flexibility index (Phi) is 3.61. The predicted octanol–water partition coefficient (Wildman–Crippen LogP) is 1.83. The zero-order valence-corrected chi connectivity index (χ0v) is 10.7. The second-order valence-electron chi connectivity index (χ2n) is 4.16. The van der Waals surface area contributed by atoms with E-state index in [9.17, 15) is 4.79 Å². The summed E-state index contributed by atoms with van der Waals surface area (Å²) in [6.45, 7) is 9.00. The van der Waals surface area contributed by atoms with Gasteiger partial charge in [-0.15, -0.1) is 11.3 Å². The number of rotatable bonds is 2. The first-order valence-electron chi connectivity index (χ1n) is 5.78. The maximum Gasteiger partial charge on any atom is 0.264 e. The van der Waals surface area contributed by atoms with Gasteiger partial charge in [-0.2, -0.15) is 0 Å². The summed E-state index contributed by atoms with van der Waals surface area (Å²) in [6.07, 6.45) is 0. The highest BCUT2D eigenvalue weighted by Gasteiger charge is 2.22. The van der Waals surface area contributed by atoms with Crippen molar-refractivity contribution in [1.29, 1.82) is 0 Å². The highest BCUT2D eigenvalue weighted by molar-refractivity contribution is 7.12. The molecule has 1 aromatic heterocycles. The van der Waals surface area contributed by atoms with Crippen LogP contribution in [0, 0.1) is 6.92 Å². The van der Waals surface area contributed by atoms with E-state index in [0.717, 1.165) is 43.2 Å². The Labute approximate surface area is 101 Å². The van der Waals surface area contributed by atoms with Crippen LogP contribution < -0.4 is 0 Å². The summed E-state index contributed by atoms with van der Waals surface area (Å²) in [5.74, 6) is 0.211. The van der Waals surface area contributed by atoms with Gasteiger partial charge in [-0.1, -0.05) is 6.92 Å². The van der Waals surface area contributed by atoms with Gasteiger partial charge in [-0.3, -0.25) is 4.79 Å². The van der Waals surface area contributed by atoms with Crippen molar-refractivity contribution in [2.24, 2.45) is 0 Å². The highest BCUT2D eigenvalue weighted by atomic mass is 32.1. The number of amides is 1. The summed E-state index contributed by atoms with van der Waals surface area (Å²) in [5, 5.41) is 1.99. The molecule has 1 amide bonds. The van der Waals surface area contributed by atoms with Crippen LogP contribution in [0.2, 0.25) is 0 Å². The summed E-state index contributed by atoms with van der Waals surface area (Å²) >= 11 is 1.55. The standard InChI is InChI=1S/C12H18N2OS/c1-3-13-5-7-14(8-6-13)12(15)11-10(2)4-9-16-11/h4,9H,3,5-8H2,1-2H3. The molecule has 1 saturated heterocycles. The first-order chi connectivity index (χ1) is 7.72. The highest BCUT2D eigenvalue weighted by Crippen LogP contribution is 2.18. The lowest BCUT2D eigenvalue weighted by Gasteiger charge is -2.33. The molecule has 0 saturated carbocycles. The van der Waals surface area contributed by atoms with Crippen molar-refractivity contribution in [3.63, 3.8) is 0 Å². The van der Waals surface area contributed by atoms with Crippen molar-refractivity contribution < 1.29 is 4.79 Å². The Hall–Kier alpha value is -0.870. The number of piperazine rings is 1. The van der Waals surface area contributed by atoms with Crippen LogP contribution in [-0.2, 0) is 0 Å². The Balaban J connectivity index is 2.00. The molecular weight excluding hydrogens is 220 g/mol. The van der Waals surface area contributed by atoms with E-state index in [4.69, 9.17) is 0 Å². The van der Waals surface area contributed by atoms with E-state index in [-0.39, 0.29) is 5.91 Å². The fraction of sp³-hybridized carbons (Fsp3) is 0.583. The third kappa shape index (κ3) is 2.28. The van der Waals surface area contributed by atoms with E-state index < -0.39 is 0 Å². The van der Waals surface area contributed by atoms with E-state index in [1.54, 1.807) is 11.3 Å². The third-order valence-electron chi connectivity index (χ3n) is 3.16. The fourth-order valence-electron chi connectivity index (χ4n) is 2.00. The molecule has 1 aliphatic heterocycles. The molecule has 1 aromatic rings. The van der Waals surface area contributed by atoms with Gasteiger partial charge in [0.05, 0.1) is 4.88 Å². The summed E-state index contributed by atoms with van der Waals surface area (Å²) in [6, 6.07) is 2.01. The van der Waals surface area contributed by atoms with Crippen molar-refractivity contribution in [3.8, 4) is 0 Å². The third-order valence-corrected chi connectivity index (χ3v) is 4.17. The number of likely N-dealkylation sites (N-methyl/N-ethyl adjacent to an activating group) is 1. The monoisotopic (exact) mass is 238 g/mol. The van der Waals surface area contributed by atoms with Crippen molar-refractivity contribution >= 4 is 17.2 Å². The molecule has 0 N–H and O–H groups in total. The largest absolute Gasteiger partial charge is 0.335 e. The first kappa shape index (κ1) is 11.6. The van der Waals surface area contributed by atoms with Gasteiger partial charge in [0, 0.05) is 26.2 Å². The number of hydrogen-bond acceptors (Lipinski definition) is 3. The van der Waals surface area contributed by atoms with Crippen molar-refractivity contribution in [2.45, 2.75) is 13.8 Å². The number of hydrogen-bond donors (Lipinski definition) is 0. The van der Waals surface area contributed by atoms with E-state index in [1.165, 1.54) is 0 Å². The number of thiophene rings is 1. The van der Waals surface area contributed by atoms with Crippen molar-refractivity contribution in [3.05, 3.63) is 21.9 Å². The minimum Gasteiger partial charge on any atom is -0.335 e. The Morgan fingerprint density at radius 3 is 2.56 bits per heavy atom. The maximum absolute atomic E-state index is 12.2. The molecule has 1 aliphatic rings. The zero-order valence-electron chi connectivity index (χ0n) is 9.90. The molecule has 1 fully saturated rings. The minimum atomic E-state index is 0.211. The van der Waals surface area contributed by atoms with Crippen molar-refractivity contribution in [2.75, 3.05) is 32.7 Å². The second kappa shape index (κ2) is 4.97. The van der Waals surface area contributed by atoms with Gasteiger partial charge in [0.15, 0.2) is 0 Å². The second-order valence-corrected chi connectivity index (χ2v) is 5.08. The van der Waals surface area contributed by atoms with Gasteiger partial charge in [0.25, 0.3) is 5.91 Å². The molecule has 0 aliphatic carbocycles. The van der Waals surface area contributed by atoms with Gasteiger partial charge >= 0.3 is 0 Å². The molecule has 2 heterocycles. The number of carbonyl (C=O) groups is 1. The van der Waals surface area contributed by atoms with Gasteiger partial charge in [-0.05, 0) is 30.5 Å². The van der Waals surface area contributed by atoms with Gasteiger partial charge < -0.3 is 9.80 Å². The summed E-state index contributed by atoms with van der Waals surface area (Å²) in [5.41, 5.74) is 1.10. The van der Waals surface area contributed by atoms with E-state index in [0.29, 0.717) is 0 Å². The van der Waals surface area contributed by atoms with E-state index >= 15 is 0 Å². The van der Waals surface area contributed by atoms with Gasteiger partial charge in [-0.25, -0.2) is 0 Å². The van der Waals surface area contributed by atoms with Gasteiger partial charge in [0.2, 0.25) is 0 Å². The smallest absolute Gasteiger partial charge is 0.264 e. The molecule has 0 bridgehead atoms. The SMILES string of the molecule is CCN1CCN(C(=O)c2sccc2C)CC1. The number of nitrogens with zero attached hydrogens (tertiary/aromatic N) is 2. The summed E-state index contributed by atoms with van der Waals surface area (Å²) in [7, 11) is 0. The van der Waals surface area contributed by atoms with Gasteiger partial charge in [0.1, 0.15) is 0 Å². The lowest BCUT2D eigenvalue weighted by molar-refractivity contribution is 0.0647. The Bertz CT molecular complexity index is 367. The number of carbonyl (C=O) groups excluding carboxylic acids is 1. The molecular formula is C12H18N2OS. The summed E-state index contributed by atoms with van der Waals surface area (Å²) in [4.78, 5) is 17.5. The normalized spacial score (nSPS) is 17.8. The predicted molar refractivity (Wildman–Crippen MR) is 67.1 cm³/mol. The average molecular weight is 238 g/mol. The average Bonchev–Trinajstić information content (AvgIpc) is 2.75. The molecule has 88 valence electrons. The van der Waals surface area contributed by atoms with Crippen LogP contribution in [0.3, 0.4) is 0 Å². The maximum atomic E-state index is 12.2. The van der Waals surface area contributed by atoms with Crippen LogP contribution in [0.5, 0.6) is 0 Å².